The summed E-state index contributed by atoms with van der Waals surface area (Å²) in [6, 6.07) is 1.21. The van der Waals surface area contributed by atoms with E-state index in [0.29, 0.717) is 0 Å². The lowest BCUT2D eigenvalue weighted by atomic mass is 9.84. The molecule has 1 heterocycles. The Morgan fingerprint density at radius 2 is 1.89 bits per heavy atom. The van der Waals surface area contributed by atoms with E-state index in [1.807, 2.05) is 6.07 Å². The van der Waals surface area contributed by atoms with E-state index < -0.39 is 26.7 Å². The molecule has 0 aromatic rings. The quantitative estimate of drug-likeness (QED) is 0.760. The third-order valence-electron chi connectivity index (χ3n) is 4.10. The van der Waals surface area contributed by atoms with Gasteiger partial charge in [-0.3, -0.25) is 4.79 Å². The zero-order chi connectivity index (χ0) is 13.6. The summed E-state index contributed by atoms with van der Waals surface area (Å²) in [5, 5.41) is 9.23. The predicted molar refractivity (Wildman–Crippen MR) is 65.8 cm³/mol. The summed E-state index contributed by atoms with van der Waals surface area (Å²) in [7, 11) is -3.65. The third-order valence-corrected chi connectivity index (χ3v) is 6.48. The highest BCUT2D eigenvalue weighted by Crippen LogP contribution is 2.40. The van der Waals surface area contributed by atoms with Gasteiger partial charge < -0.3 is 0 Å². The molecule has 5 nitrogen and oxygen atoms in total. The van der Waals surface area contributed by atoms with Gasteiger partial charge in [0.2, 0.25) is 0 Å². The molecule has 1 unspecified atom stereocenters. The van der Waals surface area contributed by atoms with Gasteiger partial charge in [-0.1, -0.05) is 19.3 Å². The van der Waals surface area contributed by atoms with Gasteiger partial charge in [0.05, 0.1) is 6.07 Å². The highest BCUT2D eigenvalue weighted by atomic mass is 32.2. The summed E-state index contributed by atoms with van der Waals surface area (Å²) >= 11 is 0. The second-order valence-electron chi connectivity index (χ2n) is 5.59. The zero-order valence-corrected chi connectivity index (χ0v) is 11.5. The Balaban J connectivity index is 2.25. The van der Waals surface area contributed by atoms with E-state index in [2.05, 4.69) is 0 Å². The van der Waals surface area contributed by atoms with Crippen LogP contribution in [0.15, 0.2) is 0 Å². The maximum Gasteiger partial charge on any atom is 0.260 e. The molecule has 1 aliphatic carbocycles. The molecule has 0 bridgehead atoms. The van der Waals surface area contributed by atoms with Crippen LogP contribution in [-0.2, 0) is 14.8 Å². The van der Waals surface area contributed by atoms with Crippen molar-refractivity contribution in [2.24, 2.45) is 5.92 Å². The van der Waals surface area contributed by atoms with Crippen molar-refractivity contribution in [3.8, 4) is 6.07 Å². The minimum Gasteiger partial charge on any atom is -0.272 e. The number of amides is 1. The van der Waals surface area contributed by atoms with Gasteiger partial charge in [-0.25, -0.2) is 12.7 Å². The molecule has 100 valence electrons. The first-order valence-electron chi connectivity index (χ1n) is 6.32. The average molecular weight is 270 g/mol. The number of carbonyl (C=O) groups is 1. The minimum atomic E-state index is -3.65. The van der Waals surface area contributed by atoms with E-state index >= 15 is 0 Å². The summed E-state index contributed by atoms with van der Waals surface area (Å²) in [4.78, 5) is 11.9. The van der Waals surface area contributed by atoms with Gasteiger partial charge in [0.1, 0.15) is 6.04 Å². The topological polar surface area (TPSA) is 78.2 Å². The molecule has 0 spiro atoms. The van der Waals surface area contributed by atoms with Crippen molar-refractivity contribution < 1.29 is 13.2 Å². The zero-order valence-electron chi connectivity index (χ0n) is 10.7. The Bertz CT molecular complexity index is 498. The van der Waals surface area contributed by atoms with Crippen LogP contribution in [0.2, 0.25) is 0 Å². The molecule has 1 amide bonds. The number of hydrogen-bond acceptors (Lipinski definition) is 4. The number of hydrogen-bond donors (Lipinski definition) is 0. The van der Waals surface area contributed by atoms with Crippen LogP contribution in [0.3, 0.4) is 0 Å². The largest absolute Gasteiger partial charge is 0.272 e. The normalized spacial score (nSPS) is 28.3. The highest BCUT2D eigenvalue weighted by Gasteiger charge is 2.63. The van der Waals surface area contributed by atoms with Gasteiger partial charge in [-0.05, 0) is 32.6 Å². The van der Waals surface area contributed by atoms with Crippen LogP contribution in [0.4, 0.5) is 0 Å². The molecule has 2 rings (SSSR count). The standard InChI is InChI=1S/C12H18N2O3S/c1-12(2)11(15)14(18(12,16)17)10(8-13)9-6-4-3-5-7-9/h9-10H,3-7H2,1-2H3. The van der Waals surface area contributed by atoms with Crippen LogP contribution in [0, 0.1) is 17.2 Å². The van der Waals surface area contributed by atoms with Crippen molar-refractivity contribution in [1.29, 1.82) is 5.26 Å². The van der Waals surface area contributed by atoms with E-state index in [0.717, 1.165) is 36.4 Å². The molecule has 2 aliphatic rings. The van der Waals surface area contributed by atoms with Gasteiger partial charge in [0.15, 0.2) is 4.75 Å². The molecular weight excluding hydrogens is 252 g/mol. The van der Waals surface area contributed by atoms with Gasteiger partial charge >= 0.3 is 0 Å². The summed E-state index contributed by atoms with van der Waals surface area (Å²) in [6.07, 6.45) is 4.80. The smallest absolute Gasteiger partial charge is 0.260 e. The van der Waals surface area contributed by atoms with Crippen LogP contribution >= 0.6 is 0 Å². The van der Waals surface area contributed by atoms with Crippen molar-refractivity contribution in [3.63, 3.8) is 0 Å². The first-order valence-corrected chi connectivity index (χ1v) is 7.76. The number of sulfonamides is 1. The van der Waals surface area contributed by atoms with Crippen LogP contribution in [0.25, 0.3) is 0 Å². The second-order valence-corrected chi connectivity index (χ2v) is 7.95. The van der Waals surface area contributed by atoms with Crippen molar-refractivity contribution in [1.82, 2.24) is 4.31 Å². The van der Waals surface area contributed by atoms with Crippen molar-refractivity contribution in [2.75, 3.05) is 0 Å². The number of carbonyl (C=O) groups excluding carboxylic acids is 1. The summed E-state index contributed by atoms with van der Waals surface area (Å²) < 4.78 is 23.6. The van der Waals surface area contributed by atoms with E-state index in [9.17, 15) is 18.5 Å². The second kappa shape index (κ2) is 4.23. The van der Waals surface area contributed by atoms with Crippen molar-refractivity contribution in [2.45, 2.75) is 56.7 Å². The van der Waals surface area contributed by atoms with Gasteiger partial charge in [-0.15, -0.1) is 0 Å². The van der Waals surface area contributed by atoms with E-state index in [-0.39, 0.29) is 5.92 Å². The first kappa shape index (κ1) is 13.3. The molecule has 0 aromatic carbocycles. The molecule has 0 N–H and O–H groups in total. The maximum atomic E-state index is 12.1. The Morgan fingerprint density at radius 1 is 1.33 bits per heavy atom. The molecule has 18 heavy (non-hydrogen) atoms. The molecule has 0 aromatic heterocycles. The van der Waals surface area contributed by atoms with Crippen LogP contribution in [0.1, 0.15) is 46.0 Å². The van der Waals surface area contributed by atoms with Gasteiger partial charge in [0, 0.05) is 0 Å². The molecule has 1 atom stereocenters. The molecule has 6 heteroatoms. The lowest BCUT2D eigenvalue weighted by Gasteiger charge is -2.47. The van der Waals surface area contributed by atoms with Crippen LogP contribution in [-0.4, -0.2) is 29.4 Å². The molecule has 1 saturated carbocycles. The molecular formula is C12H18N2O3S. The van der Waals surface area contributed by atoms with E-state index in [1.54, 1.807) is 0 Å². The maximum absolute atomic E-state index is 12.1. The SMILES string of the molecule is CC1(C)C(=O)N(C(C#N)C2CCCCC2)S1(=O)=O. The lowest BCUT2D eigenvalue weighted by Crippen LogP contribution is -2.70. The monoisotopic (exact) mass is 270 g/mol. The Kier molecular flexibility index (Phi) is 3.14. The fourth-order valence-electron chi connectivity index (χ4n) is 2.77. The number of nitriles is 1. The number of rotatable bonds is 2. The first-order chi connectivity index (χ1) is 8.34. The van der Waals surface area contributed by atoms with Crippen LogP contribution < -0.4 is 0 Å². The molecule has 1 aliphatic heterocycles. The van der Waals surface area contributed by atoms with Crippen molar-refractivity contribution in [3.05, 3.63) is 0 Å². The predicted octanol–water partition coefficient (Wildman–Crippen LogP) is 1.41. The molecule has 1 saturated heterocycles. The fourth-order valence-corrected chi connectivity index (χ4v) is 4.41. The summed E-state index contributed by atoms with van der Waals surface area (Å²) in [5.74, 6) is -0.446. The van der Waals surface area contributed by atoms with Gasteiger partial charge in [-0.2, -0.15) is 5.26 Å². The molecule has 0 radical (unpaired) electrons. The van der Waals surface area contributed by atoms with Crippen LogP contribution in [0.5, 0.6) is 0 Å². The Hall–Kier alpha value is -1.09. The third kappa shape index (κ3) is 1.64. The highest BCUT2D eigenvalue weighted by molar-refractivity contribution is 7.94. The summed E-state index contributed by atoms with van der Waals surface area (Å²) in [5.41, 5.74) is 0. The fraction of sp³-hybridized carbons (Fsp3) is 0.833. The lowest BCUT2D eigenvalue weighted by molar-refractivity contribution is -0.134. The Labute approximate surface area is 108 Å². The van der Waals surface area contributed by atoms with E-state index in [4.69, 9.17) is 0 Å². The number of nitrogens with zero attached hydrogens (tertiary/aromatic N) is 2. The van der Waals surface area contributed by atoms with Gasteiger partial charge in [0.25, 0.3) is 15.9 Å². The summed E-state index contributed by atoms with van der Waals surface area (Å²) in [6.45, 7) is 2.80. The molecule has 2 fully saturated rings. The van der Waals surface area contributed by atoms with Crippen molar-refractivity contribution >= 4 is 15.9 Å². The Morgan fingerprint density at radius 3 is 2.33 bits per heavy atom. The van der Waals surface area contributed by atoms with E-state index in [1.165, 1.54) is 13.8 Å². The minimum absolute atomic E-state index is 0.00132. The average Bonchev–Trinajstić information content (AvgIpc) is 2.35.